The summed E-state index contributed by atoms with van der Waals surface area (Å²) in [4.78, 5) is 0. The van der Waals surface area contributed by atoms with Gasteiger partial charge in [-0.25, -0.2) is 0 Å². The summed E-state index contributed by atoms with van der Waals surface area (Å²) >= 11 is 0. The molecule has 0 aliphatic heterocycles. The molecule has 21 heavy (non-hydrogen) atoms. The van der Waals surface area contributed by atoms with E-state index in [0.29, 0.717) is 6.04 Å². The Morgan fingerprint density at radius 2 is 2.00 bits per heavy atom. The molecule has 0 aliphatic carbocycles. The maximum atomic E-state index is 5.19. The van der Waals surface area contributed by atoms with Crippen molar-refractivity contribution in [2.45, 2.75) is 38.8 Å². The summed E-state index contributed by atoms with van der Waals surface area (Å²) in [7, 11) is 3.73. The number of rotatable bonds is 8. The van der Waals surface area contributed by atoms with Gasteiger partial charge >= 0.3 is 0 Å². The second-order valence-corrected chi connectivity index (χ2v) is 5.28. The summed E-state index contributed by atoms with van der Waals surface area (Å²) in [6, 6.07) is 8.80. The minimum Gasteiger partial charge on any atom is -0.497 e. The third-order valence-corrected chi connectivity index (χ3v) is 3.84. The van der Waals surface area contributed by atoms with Gasteiger partial charge in [0.25, 0.3) is 0 Å². The molecule has 2 aromatic rings. The average Bonchev–Trinajstić information content (AvgIpc) is 2.99. The van der Waals surface area contributed by atoms with E-state index in [1.54, 1.807) is 7.11 Å². The number of ether oxygens (including phenoxy) is 1. The Morgan fingerprint density at radius 1 is 1.24 bits per heavy atom. The molecule has 0 amide bonds. The van der Waals surface area contributed by atoms with Gasteiger partial charge in [0.15, 0.2) is 0 Å². The Labute approximate surface area is 127 Å². The number of methoxy groups -OCH3 is 1. The van der Waals surface area contributed by atoms with Gasteiger partial charge in [-0.1, -0.05) is 12.1 Å². The van der Waals surface area contributed by atoms with Crippen LogP contribution >= 0.6 is 0 Å². The second-order valence-electron chi connectivity index (χ2n) is 5.28. The van der Waals surface area contributed by atoms with Gasteiger partial charge in [-0.3, -0.25) is 4.68 Å². The fraction of sp³-hybridized carbons (Fsp3) is 0.471. The molecule has 0 aliphatic rings. The molecule has 1 heterocycles. The van der Waals surface area contributed by atoms with Gasteiger partial charge in [0.05, 0.1) is 13.3 Å². The van der Waals surface area contributed by atoms with Crippen molar-refractivity contribution >= 4 is 0 Å². The van der Waals surface area contributed by atoms with Crippen molar-refractivity contribution in [3.63, 3.8) is 0 Å². The lowest BCUT2D eigenvalue weighted by Crippen LogP contribution is -2.28. The largest absolute Gasteiger partial charge is 0.497 e. The standard InChI is InChI=1S/C17H25N3O/c1-4-20-13-15(12-19-20)11-16(18-2)8-5-14-6-9-17(21-3)10-7-14/h6-7,9-10,12-13,16,18H,4-5,8,11H2,1-3H3. The highest BCUT2D eigenvalue weighted by molar-refractivity contribution is 5.27. The van der Waals surface area contributed by atoms with Crippen molar-refractivity contribution in [2.75, 3.05) is 14.2 Å². The van der Waals surface area contributed by atoms with Crippen LogP contribution in [0.4, 0.5) is 0 Å². The van der Waals surface area contributed by atoms with E-state index in [1.807, 2.05) is 30.1 Å². The van der Waals surface area contributed by atoms with Crippen molar-refractivity contribution in [1.82, 2.24) is 15.1 Å². The Bertz CT molecular complexity index is 533. The van der Waals surface area contributed by atoms with Gasteiger partial charge in [-0.05, 0) is 56.5 Å². The number of nitrogens with zero attached hydrogens (tertiary/aromatic N) is 2. The Balaban J connectivity index is 1.86. The number of likely N-dealkylation sites (N-methyl/N-ethyl adjacent to an activating group) is 1. The molecule has 0 saturated heterocycles. The maximum absolute atomic E-state index is 5.19. The first-order chi connectivity index (χ1) is 10.2. The fourth-order valence-corrected chi connectivity index (χ4v) is 2.45. The molecule has 114 valence electrons. The van der Waals surface area contributed by atoms with Crippen LogP contribution in [0.3, 0.4) is 0 Å². The summed E-state index contributed by atoms with van der Waals surface area (Å²) in [5.41, 5.74) is 2.64. The second kappa shape index (κ2) is 7.84. The van der Waals surface area contributed by atoms with Gasteiger partial charge in [0.1, 0.15) is 5.75 Å². The minimum absolute atomic E-state index is 0.474. The molecular formula is C17H25N3O. The van der Waals surface area contributed by atoms with Gasteiger partial charge in [0, 0.05) is 18.8 Å². The third-order valence-electron chi connectivity index (χ3n) is 3.84. The van der Waals surface area contributed by atoms with Crippen LogP contribution in [-0.2, 0) is 19.4 Å². The zero-order valence-corrected chi connectivity index (χ0v) is 13.2. The van der Waals surface area contributed by atoms with Gasteiger partial charge in [-0.15, -0.1) is 0 Å². The summed E-state index contributed by atoms with van der Waals surface area (Å²) < 4.78 is 7.16. The first kappa shape index (κ1) is 15.6. The molecule has 1 aromatic carbocycles. The molecule has 0 spiro atoms. The molecule has 0 bridgehead atoms. The molecule has 4 nitrogen and oxygen atoms in total. The molecule has 2 rings (SSSR count). The van der Waals surface area contributed by atoms with E-state index in [0.717, 1.165) is 31.6 Å². The fourth-order valence-electron chi connectivity index (χ4n) is 2.45. The average molecular weight is 287 g/mol. The van der Waals surface area contributed by atoms with E-state index in [9.17, 15) is 0 Å². The number of aryl methyl sites for hydroxylation is 2. The summed E-state index contributed by atoms with van der Waals surface area (Å²) in [5, 5.41) is 7.74. The summed E-state index contributed by atoms with van der Waals surface area (Å²) in [5.74, 6) is 0.913. The van der Waals surface area contributed by atoms with Crippen molar-refractivity contribution in [3.8, 4) is 5.75 Å². The van der Waals surface area contributed by atoms with E-state index in [4.69, 9.17) is 4.74 Å². The van der Waals surface area contributed by atoms with E-state index >= 15 is 0 Å². The zero-order chi connectivity index (χ0) is 15.1. The van der Waals surface area contributed by atoms with Gasteiger partial charge in [-0.2, -0.15) is 5.10 Å². The van der Waals surface area contributed by atoms with Gasteiger partial charge in [0.2, 0.25) is 0 Å². The van der Waals surface area contributed by atoms with Crippen LogP contribution in [0.5, 0.6) is 5.75 Å². The lowest BCUT2D eigenvalue weighted by atomic mass is 10.0. The molecule has 0 saturated carbocycles. The predicted molar refractivity (Wildman–Crippen MR) is 85.8 cm³/mol. The number of hydrogen-bond acceptors (Lipinski definition) is 3. The molecule has 0 radical (unpaired) electrons. The highest BCUT2D eigenvalue weighted by Crippen LogP contribution is 2.14. The highest BCUT2D eigenvalue weighted by Gasteiger charge is 2.09. The number of nitrogens with one attached hydrogen (secondary N) is 1. The van der Waals surface area contributed by atoms with Crippen molar-refractivity contribution in [2.24, 2.45) is 0 Å². The van der Waals surface area contributed by atoms with E-state index in [-0.39, 0.29) is 0 Å². The monoisotopic (exact) mass is 287 g/mol. The van der Waals surface area contributed by atoms with Crippen LogP contribution in [-0.4, -0.2) is 30.0 Å². The lowest BCUT2D eigenvalue weighted by Gasteiger charge is -2.15. The molecule has 0 fully saturated rings. The van der Waals surface area contributed by atoms with E-state index in [1.165, 1.54) is 11.1 Å². The number of benzene rings is 1. The lowest BCUT2D eigenvalue weighted by molar-refractivity contribution is 0.414. The number of aromatic nitrogens is 2. The van der Waals surface area contributed by atoms with Crippen LogP contribution in [0, 0.1) is 0 Å². The van der Waals surface area contributed by atoms with Crippen molar-refractivity contribution in [3.05, 3.63) is 47.8 Å². The number of hydrogen-bond donors (Lipinski definition) is 1. The van der Waals surface area contributed by atoms with E-state index in [2.05, 4.69) is 35.7 Å². The van der Waals surface area contributed by atoms with Crippen molar-refractivity contribution in [1.29, 1.82) is 0 Å². The smallest absolute Gasteiger partial charge is 0.118 e. The van der Waals surface area contributed by atoms with Crippen LogP contribution in [0.25, 0.3) is 0 Å². The first-order valence-corrected chi connectivity index (χ1v) is 7.56. The molecule has 4 heteroatoms. The molecule has 1 aromatic heterocycles. The van der Waals surface area contributed by atoms with Gasteiger partial charge < -0.3 is 10.1 Å². The highest BCUT2D eigenvalue weighted by atomic mass is 16.5. The van der Waals surface area contributed by atoms with Crippen LogP contribution < -0.4 is 10.1 Å². The molecule has 1 atom stereocenters. The normalized spacial score (nSPS) is 12.3. The van der Waals surface area contributed by atoms with Crippen LogP contribution in [0.2, 0.25) is 0 Å². The minimum atomic E-state index is 0.474. The quantitative estimate of drug-likeness (QED) is 0.811. The maximum Gasteiger partial charge on any atom is 0.118 e. The SMILES string of the molecule is CCn1cc(CC(CCc2ccc(OC)cc2)NC)cn1. The summed E-state index contributed by atoms with van der Waals surface area (Å²) in [6.07, 6.45) is 7.31. The zero-order valence-electron chi connectivity index (χ0n) is 13.2. The van der Waals surface area contributed by atoms with E-state index < -0.39 is 0 Å². The first-order valence-electron chi connectivity index (χ1n) is 7.56. The topological polar surface area (TPSA) is 39.1 Å². The molecule has 1 unspecified atom stereocenters. The van der Waals surface area contributed by atoms with Crippen LogP contribution in [0.15, 0.2) is 36.7 Å². The molecule has 1 N–H and O–H groups in total. The Hall–Kier alpha value is -1.81. The Morgan fingerprint density at radius 3 is 2.57 bits per heavy atom. The van der Waals surface area contributed by atoms with Crippen LogP contribution in [0.1, 0.15) is 24.5 Å². The predicted octanol–water partition coefficient (Wildman–Crippen LogP) is 2.67. The summed E-state index contributed by atoms with van der Waals surface area (Å²) in [6.45, 7) is 3.03. The molecular weight excluding hydrogens is 262 g/mol. The third kappa shape index (κ3) is 4.60. The Kier molecular flexibility index (Phi) is 5.81. The van der Waals surface area contributed by atoms with Crippen molar-refractivity contribution < 1.29 is 4.74 Å².